The van der Waals surface area contributed by atoms with Gasteiger partial charge in [0.25, 0.3) is 0 Å². The summed E-state index contributed by atoms with van der Waals surface area (Å²) in [5.41, 5.74) is 2.93. The van der Waals surface area contributed by atoms with Gasteiger partial charge in [-0.2, -0.15) is 0 Å². The molecular formula is C11H7NOS. The van der Waals surface area contributed by atoms with Gasteiger partial charge in [0.1, 0.15) is 5.52 Å². The maximum atomic E-state index is 5.25. The molecule has 3 rings (SSSR count). The third kappa shape index (κ3) is 1.06. The first kappa shape index (κ1) is 7.76. The zero-order valence-electron chi connectivity index (χ0n) is 7.31. The first-order valence-corrected chi connectivity index (χ1v) is 5.19. The second-order valence-electron chi connectivity index (χ2n) is 2.98. The molecule has 0 unspecified atom stereocenters. The van der Waals surface area contributed by atoms with Crippen LogP contribution in [0.1, 0.15) is 0 Å². The fraction of sp³-hybridized carbons (Fsp3) is 0. The van der Waals surface area contributed by atoms with Crippen LogP contribution in [0.15, 0.2) is 46.5 Å². The molecule has 2 nitrogen and oxygen atoms in total. The largest absolute Gasteiger partial charge is 0.443 e. The van der Waals surface area contributed by atoms with Gasteiger partial charge in [-0.1, -0.05) is 18.2 Å². The Morgan fingerprint density at radius 1 is 1.14 bits per heavy atom. The van der Waals surface area contributed by atoms with Gasteiger partial charge < -0.3 is 4.42 Å². The van der Waals surface area contributed by atoms with Crippen LogP contribution in [0.4, 0.5) is 0 Å². The Morgan fingerprint density at radius 3 is 3.00 bits per heavy atom. The Labute approximate surface area is 84.8 Å². The number of rotatable bonds is 1. The molecule has 0 aliphatic rings. The van der Waals surface area contributed by atoms with E-state index in [0.29, 0.717) is 0 Å². The normalized spacial score (nSPS) is 10.9. The van der Waals surface area contributed by atoms with Crippen molar-refractivity contribution in [2.45, 2.75) is 0 Å². The van der Waals surface area contributed by atoms with E-state index in [0.717, 1.165) is 16.7 Å². The number of aromatic nitrogens is 1. The standard InChI is InChI=1S/C11H7NOS/c1-3-8(10-5-2-6-14-10)11-9(4-1)13-7-12-11/h1-7H. The van der Waals surface area contributed by atoms with Crippen LogP contribution in [-0.4, -0.2) is 4.98 Å². The predicted molar refractivity (Wildman–Crippen MR) is 57.3 cm³/mol. The van der Waals surface area contributed by atoms with Gasteiger partial charge in [-0.05, 0) is 17.5 Å². The highest BCUT2D eigenvalue weighted by Gasteiger charge is 2.06. The molecule has 2 heterocycles. The van der Waals surface area contributed by atoms with E-state index in [1.54, 1.807) is 11.3 Å². The van der Waals surface area contributed by atoms with Crippen molar-refractivity contribution < 1.29 is 4.42 Å². The second kappa shape index (κ2) is 2.96. The Morgan fingerprint density at radius 2 is 2.14 bits per heavy atom. The maximum absolute atomic E-state index is 5.25. The van der Waals surface area contributed by atoms with E-state index in [2.05, 4.69) is 22.5 Å². The quantitative estimate of drug-likeness (QED) is 0.601. The molecule has 0 bridgehead atoms. The number of para-hydroxylation sites is 1. The van der Waals surface area contributed by atoms with Crippen LogP contribution in [0.25, 0.3) is 21.5 Å². The second-order valence-corrected chi connectivity index (χ2v) is 3.93. The first-order valence-electron chi connectivity index (χ1n) is 4.31. The van der Waals surface area contributed by atoms with Gasteiger partial charge in [0.2, 0.25) is 0 Å². The van der Waals surface area contributed by atoms with Crippen LogP contribution in [0.3, 0.4) is 0 Å². The van der Waals surface area contributed by atoms with Crippen molar-refractivity contribution in [2.75, 3.05) is 0 Å². The number of hydrogen-bond acceptors (Lipinski definition) is 3. The maximum Gasteiger partial charge on any atom is 0.182 e. The molecule has 0 N–H and O–H groups in total. The summed E-state index contributed by atoms with van der Waals surface area (Å²) in [5.74, 6) is 0. The Kier molecular flexibility index (Phi) is 1.64. The lowest BCUT2D eigenvalue weighted by Gasteiger charge is -1.96. The van der Waals surface area contributed by atoms with E-state index in [1.807, 2.05) is 18.2 Å². The van der Waals surface area contributed by atoms with Gasteiger partial charge in [-0.25, -0.2) is 4.98 Å². The topological polar surface area (TPSA) is 26.0 Å². The predicted octanol–water partition coefficient (Wildman–Crippen LogP) is 3.56. The van der Waals surface area contributed by atoms with E-state index >= 15 is 0 Å². The summed E-state index contributed by atoms with van der Waals surface area (Å²) in [6.45, 7) is 0. The number of oxazole rings is 1. The number of thiophene rings is 1. The molecular weight excluding hydrogens is 194 g/mol. The Balaban J connectivity index is 2.36. The highest BCUT2D eigenvalue weighted by atomic mass is 32.1. The molecule has 14 heavy (non-hydrogen) atoms. The molecule has 68 valence electrons. The molecule has 0 saturated heterocycles. The van der Waals surface area contributed by atoms with Gasteiger partial charge in [0, 0.05) is 10.4 Å². The highest BCUT2D eigenvalue weighted by molar-refractivity contribution is 7.13. The van der Waals surface area contributed by atoms with Gasteiger partial charge in [-0.3, -0.25) is 0 Å². The summed E-state index contributed by atoms with van der Waals surface area (Å²) in [7, 11) is 0. The van der Waals surface area contributed by atoms with Crippen LogP contribution in [-0.2, 0) is 0 Å². The van der Waals surface area contributed by atoms with Gasteiger partial charge >= 0.3 is 0 Å². The van der Waals surface area contributed by atoms with Crippen molar-refractivity contribution in [1.29, 1.82) is 0 Å². The average Bonchev–Trinajstić information content (AvgIpc) is 2.88. The third-order valence-electron chi connectivity index (χ3n) is 2.15. The molecule has 0 fully saturated rings. The Hall–Kier alpha value is -1.61. The fourth-order valence-electron chi connectivity index (χ4n) is 1.52. The SMILES string of the molecule is c1csc(-c2cccc3ocnc23)c1. The van der Waals surface area contributed by atoms with Gasteiger partial charge in [-0.15, -0.1) is 11.3 Å². The molecule has 2 aromatic heterocycles. The summed E-state index contributed by atoms with van der Waals surface area (Å²) in [6, 6.07) is 10.1. The minimum atomic E-state index is 0.843. The molecule has 1 aromatic carbocycles. The molecule has 0 spiro atoms. The minimum Gasteiger partial charge on any atom is -0.443 e. The minimum absolute atomic E-state index is 0.843. The molecule has 3 heteroatoms. The summed E-state index contributed by atoms with van der Waals surface area (Å²) in [6.07, 6.45) is 1.49. The van der Waals surface area contributed by atoms with Crippen LogP contribution >= 0.6 is 11.3 Å². The summed E-state index contributed by atoms with van der Waals surface area (Å²) < 4.78 is 5.25. The van der Waals surface area contributed by atoms with Crippen LogP contribution in [0.5, 0.6) is 0 Å². The molecule has 0 amide bonds. The van der Waals surface area contributed by atoms with Crippen molar-refractivity contribution in [1.82, 2.24) is 4.98 Å². The lowest BCUT2D eigenvalue weighted by Crippen LogP contribution is -1.74. The van der Waals surface area contributed by atoms with Crippen molar-refractivity contribution in [3.63, 3.8) is 0 Å². The van der Waals surface area contributed by atoms with Crippen LogP contribution in [0, 0.1) is 0 Å². The van der Waals surface area contributed by atoms with Crippen molar-refractivity contribution in [3.05, 3.63) is 42.1 Å². The molecule has 0 aliphatic heterocycles. The lowest BCUT2D eigenvalue weighted by atomic mass is 10.1. The zero-order chi connectivity index (χ0) is 9.38. The summed E-state index contributed by atoms with van der Waals surface area (Å²) >= 11 is 1.71. The zero-order valence-corrected chi connectivity index (χ0v) is 8.12. The summed E-state index contributed by atoms with van der Waals surface area (Å²) in [4.78, 5) is 5.44. The highest BCUT2D eigenvalue weighted by Crippen LogP contribution is 2.30. The van der Waals surface area contributed by atoms with E-state index in [-0.39, 0.29) is 0 Å². The van der Waals surface area contributed by atoms with Crippen LogP contribution < -0.4 is 0 Å². The molecule has 0 radical (unpaired) electrons. The van der Waals surface area contributed by atoms with E-state index < -0.39 is 0 Å². The number of fused-ring (bicyclic) bond motifs is 1. The van der Waals surface area contributed by atoms with Crippen LogP contribution in [0.2, 0.25) is 0 Å². The third-order valence-corrected chi connectivity index (χ3v) is 3.05. The molecule has 3 aromatic rings. The fourth-order valence-corrected chi connectivity index (χ4v) is 2.27. The lowest BCUT2D eigenvalue weighted by molar-refractivity contribution is 0.602. The number of benzene rings is 1. The van der Waals surface area contributed by atoms with E-state index in [1.165, 1.54) is 11.3 Å². The summed E-state index contributed by atoms with van der Waals surface area (Å²) in [5, 5.41) is 2.06. The first-order chi connectivity index (χ1) is 6.95. The van der Waals surface area contributed by atoms with Gasteiger partial charge in [0.15, 0.2) is 12.0 Å². The number of nitrogens with zero attached hydrogens (tertiary/aromatic N) is 1. The van der Waals surface area contributed by atoms with E-state index in [4.69, 9.17) is 4.42 Å². The monoisotopic (exact) mass is 201 g/mol. The van der Waals surface area contributed by atoms with Gasteiger partial charge in [0.05, 0.1) is 0 Å². The Bertz CT molecular complexity index is 553. The van der Waals surface area contributed by atoms with E-state index in [9.17, 15) is 0 Å². The average molecular weight is 201 g/mol. The molecule has 0 aliphatic carbocycles. The van der Waals surface area contributed by atoms with Crippen molar-refractivity contribution in [3.8, 4) is 10.4 Å². The van der Waals surface area contributed by atoms with Crippen molar-refractivity contribution >= 4 is 22.4 Å². The number of hydrogen-bond donors (Lipinski definition) is 0. The molecule has 0 saturated carbocycles. The molecule has 0 atom stereocenters. The smallest absolute Gasteiger partial charge is 0.182 e. The van der Waals surface area contributed by atoms with Crippen molar-refractivity contribution in [2.24, 2.45) is 0 Å².